The summed E-state index contributed by atoms with van der Waals surface area (Å²) in [4.78, 5) is 15.8. The maximum atomic E-state index is 11.7. The molecule has 1 aliphatic rings. The summed E-state index contributed by atoms with van der Waals surface area (Å²) in [5.74, 6) is 0.0787. The second-order valence-electron chi connectivity index (χ2n) is 4.86. The second kappa shape index (κ2) is 5.64. The highest BCUT2D eigenvalue weighted by Gasteiger charge is 2.40. The van der Waals surface area contributed by atoms with Crippen molar-refractivity contribution in [2.24, 2.45) is 0 Å². The van der Waals surface area contributed by atoms with Crippen LogP contribution >= 0.6 is 0 Å². The maximum Gasteiger partial charge on any atom is 0.248 e. The highest BCUT2D eigenvalue weighted by atomic mass is 16.5. The second-order valence-corrected chi connectivity index (χ2v) is 4.86. The van der Waals surface area contributed by atoms with Gasteiger partial charge >= 0.3 is 0 Å². The lowest BCUT2D eigenvalue weighted by Crippen LogP contribution is -2.57. The van der Waals surface area contributed by atoms with Gasteiger partial charge in [0.1, 0.15) is 6.61 Å². The van der Waals surface area contributed by atoms with Gasteiger partial charge in [0.15, 0.2) is 0 Å². The van der Waals surface area contributed by atoms with Crippen LogP contribution in [0.2, 0.25) is 0 Å². The van der Waals surface area contributed by atoms with E-state index in [-0.39, 0.29) is 18.1 Å². The zero-order valence-corrected chi connectivity index (χ0v) is 11.0. The van der Waals surface area contributed by atoms with E-state index in [0.717, 1.165) is 6.54 Å². The van der Waals surface area contributed by atoms with Gasteiger partial charge in [-0.1, -0.05) is 0 Å². The Balaban J connectivity index is 2.43. The zero-order valence-electron chi connectivity index (χ0n) is 11.0. The highest BCUT2D eigenvalue weighted by molar-refractivity contribution is 5.77. The lowest BCUT2D eigenvalue weighted by Gasteiger charge is -2.49. The fourth-order valence-electron chi connectivity index (χ4n) is 2.16. The number of hydrogen-bond acceptors (Lipinski definition) is 3. The number of carbonyl (C=O) groups is 1. The monoisotopic (exact) mass is 228 g/mol. The van der Waals surface area contributed by atoms with Crippen LogP contribution in [-0.4, -0.2) is 62.1 Å². The van der Waals surface area contributed by atoms with Crippen molar-refractivity contribution < 1.29 is 9.53 Å². The van der Waals surface area contributed by atoms with Crippen LogP contribution < -0.4 is 0 Å². The fourth-order valence-corrected chi connectivity index (χ4v) is 2.16. The number of rotatable bonds is 6. The number of hydrogen-bond donors (Lipinski definition) is 0. The van der Waals surface area contributed by atoms with Crippen LogP contribution in [-0.2, 0) is 9.53 Å². The summed E-state index contributed by atoms with van der Waals surface area (Å²) in [7, 11) is 6.06. The predicted octanol–water partition coefficient (Wildman–Crippen LogP) is 0.966. The molecule has 4 nitrogen and oxygen atoms in total. The lowest BCUT2D eigenvalue weighted by molar-refractivity contribution is -0.137. The summed E-state index contributed by atoms with van der Waals surface area (Å²) < 4.78 is 5.14. The Kier molecular flexibility index (Phi) is 4.74. The van der Waals surface area contributed by atoms with E-state index in [1.807, 2.05) is 14.0 Å². The van der Waals surface area contributed by atoms with Crippen molar-refractivity contribution in [3.05, 3.63) is 0 Å². The normalized spacial score (nSPS) is 18.3. The summed E-state index contributed by atoms with van der Waals surface area (Å²) >= 11 is 0. The van der Waals surface area contributed by atoms with E-state index in [1.54, 1.807) is 4.90 Å². The average Bonchev–Trinajstić information content (AvgIpc) is 2.18. The van der Waals surface area contributed by atoms with Crippen LogP contribution in [0.1, 0.15) is 26.2 Å². The number of likely N-dealkylation sites (N-methyl/N-ethyl adjacent to an activating group) is 2. The molecule has 0 saturated heterocycles. The molecular weight excluding hydrogens is 204 g/mol. The van der Waals surface area contributed by atoms with E-state index in [9.17, 15) is 4.79 Å². The van der Waals surface area contributed by atoms with Crippen molar-refractivity contribution in [1.29, 1.82) is 0 Å². The summed E-state index contributed by atoms with van der Waals surface area (Å²) in [6.45, 7) is 3.52. The molecular formula is C12H24N2O2. The van der Waals surface area contributed by atoms with E-state index < -0.39 is 0 Å². The van der Waals surface area contributed by atoms with Gasteiger partial charge in [0.05, 0.1) is 0 Å². The van der Waals surface area contributed by atoms with Gasteiger partial charge in [-0.25, -0.2) is 0 Å². The average molecular weight is 228 g/mol. The first kappa shape index (κ1) is 13.5. The molecule has 94 valence electrons. The van der Waals surface area contributed by atoms with Crippen LogP contribution in [0, 0.1) is 0 Å². The molecule has 0 bridgehead atoms. The third kappa shape index (κ3) is 2.95. The van der Waals surface area contributed by atoms with Gasteiger partial charge in [0.25, 0.3) is 0 Å². The van der Waals surface area contributed by atoms with Gasteiger partial charge in [0.2, 0.25) is 5.91 Å². The third-order valence-electron chi connectivity index (χ3n) is 3.62. The first-order valence-corrected chi connectivity index (χ1v) is 6.01. The fraction of sp³-hybridized carbons (Fsp3) is 0.917. The van der Waals surface area contributed by atoms with Crippen molar-refractivity contribution in [2.75, 3.05) is 40.9 Å². The Hall–Kier alpha value is -0.610. The highest BCUT2D eigenvalue weighted by Crippen LogP contribution is 2.36. The Morgan fingerprint density at radius 1 is 1.31 bits per heavy atom. The number of ether oxygens (including phenoxy) is 1. The number of nitrogens with zero attached hydrogens (tertiary/aromatic N) is 2. The van der Waals surface area contributed by atoms with E-state index >= 15 is 0 Å². The summed E-state index contributed by atoms with van der Waals surface area (Å²) in [6.07, 6.45) is 3.64. The molecule has 0 spiro atoms. The topological polar surface area (TPSA) is 32.8 Å². The zero-order chi connectivity index (χ0) is 12.2. The molecule has 16 heavy (non-hydrogen) atoms. The van der Waals surface area contributed by atoms with Crippen LogP contribution in [0.15, 0.2) is 0 Å². The van der Waals surface area contributed by atoms with Crippen molar-refractivity contribution in [3.63, 3.8) is 0 Å². The smallest absolute Gasteiger partial charge is 0.248 e. The summed E-state index contributed by atoms with van der Waals surface area (Å²) in [6, 6.07) is 0. The molecule has 4 heteroatoms. The van der Waals surface area contributed by atoms with Crippen molar-refractivity contribution in [3.8, 4) is 0 Å². The molecule has 0 aromatic rings. The summed E-state index contributed by atoms with van der Waals surface area (Å²) in [5, 5.41) is 0. The molecule has 0 aliphatic heterocycles. The number of amides is 1. The van der Waals surface area contributed by atoms with Gasteiger partial charge in [-0.3, -0.25) is 4.79 Å². The first-order valence-electron chi connectivity index (χ1n) is 6.01. The Bertz CT molecular complexity index is 237. The van der Waals surface area contributed by atoms with Gasteiger partial charge in [-0.05, 0) is 40.3 Å². The van der Waals surface area contributed by atoms with E-state index in [2.05, 4.69) is 19.0 Å². The SMILES string of the molecule is CCOCC(=O)N(C)CC1(N(C)C)CCC1. The molecule has 0 aromatic heterocycles. The molecule has 0 atom stereocenters. The maximum absolute atomic E-state index is 11.7. The molecule has 0 radical (unpaired) electrons. The van der Waals surface area contributed by atoms with Crippen molar-refractivity contribution >= 4 is 5.91 Å². The molecule has 0 unspecified atom stereocenters. The third-order valence-corrected chi connectivity index (χ3v) is 3.62. The van der Waals surface area contributed by atoms with Crippen LogP contribution in [0.25, 0.3) is 0 Å². The Labute approximate surface area is 98.5 Å². The van der Waals surface area contributed by atoms with Gasteiger partial charge in [-0.2, -0.15) is 0 Å². The minimum absolute atomic E-state index is 0.0787. The number of carbonyl (C=O) groups excluding carboxylic acids is 1. The quantitative estimate of drug-likeness (QED) is 0.679. The molecule has 1 fully saturated rings. The molecule has 1 saturated carbocycles. The first-order chi connectivity index (χ1) is 7.52. The minimum Gasteiger partial charge on any atom is -0.372 e. The Morgan fingerprint density at radius 2 is 1.94 bits per heavy atom. The lowest BCUT2D eigenvalue weighted by atomic mass is 9.75. The van der Waals surface area contributed by atoms with E-state index in [4.69, 9.17) is 4.74 Å². The van der Waals surface area contributed by atoms with Crippen LogP contribution in [0.4, 0.5) is 0 Å². The van der Waals surface area contributed by atoms with E-state index in [0.29, 0.717) is 6.61 Å². The molecule has 0 heterocycles. The molecule has 1 amide bonds. The van der Waals surface area contributed by atoms with Gasteiger partial charge < -0.3 is 14.5 Å². The summed E-state index contributed by atoms with van der Waals surface area (Å²) in [5.41, 5.74) is 0.205. The molecule has 0 N–H and O–H groups in total. The molecule has 1 aliphatic carbocycles. The molecule has 1 rings (SSSR count). The van der Waals surface area contributed by atoms with E-state index in [1.165, 1.54) is 19.3 Å². The van der Waals surface area contributed by atoms with Crippen molar-refractivity contribution in [2.45, 2.75) is 31.7 Å². The van der Waals surface area contributed by atoms with Crippen molar-refractivity contribution in [1.82, 2.24) is 9.80 Å². The standard InChI is InChI=1S/C12H24N2O2/c1-5-16-9-11(15)14(4)10-12(13(2)3)7-6-8-12/h5-10H2,1-4H3. The van der Waals surface area contributed by atoms with Crippen LogP contribution in [0.5, 0.6) is 0 Å². The predicted molar refractivity (Wildman–Crippen MR) is 64.4 cm³/mol. The van der Waals surface area contributed by atoms with Gasteiger partial charge in [0, 0.05) is 25.7 Å². The largest absolute Gasteiger partial charge is 0.372 e. The van der Waals surface area contributed by atoms with Crippen LogP contribution in [0.3, 0.4) is 0 Å². The van der Waals surface area contributed by atoms with Gasteiger partial charge in [-0.15, -0.1) is 0 Å². The minimum atomic E-state index is 0.0787. The Morgan fingerprint density at radius 3 is 2.31 bits per heavy atom. The molecule has 0 aromatic carbocycles.